The van der Waals surface area contributed by atoms with E-state index in [1.807, 2.05) is 6.08 Å². The molecular formula is C13H20N+. The van der Waals surface area contributed by atoms with Crippen LogP contribution >= 0.6 is 0 Å². The van der Waals surface area contributed by atoms with Crippen LogP contribution in [0, 0.1) is 0 Å². The normalized spacial score (nSPS) is 23.9. The monoisotopic (exact) mass is 190 g/mol. The Morgan fingerprint density at radius 3 is 2.71 bits per heavy atom. The molecule has 0 bridgehead atoms. The molecule has 76 valence electrons. The Morgan fingerprint density at radius 1 is 1.29 bits per heavy atom. The summed E-state index contributed by atoms with van der Waals surface area (Å²) in [6.07, 6.45) is 11.8. The lowest BCUT2D eigenvalue weighted by atomic mass is 10.1. The zero-order valence-corrected chi connectivity index (χ0v) is 9.13. The molecule has 1 fully saturated rings. The molecule has 0 unspecified atom stereocenters. The summed E-state index contributed by atoms with van der Waals surface area (Å²) in [5, 5.41) is 0. The van der Waals surface area contributed by atoms with Crippen LogP contribution in [0.15, 0.2) is 29.5 Å². The summed E-state index contributed by atoms with van der Waals surface area (Å²) in [6, 6.07) is 0. The Balaban J connectivity index is 1.84. The van der Waals surface area contributed by atoms with Crippen LogP contribution in [-0.4, -0.2) is 31.2 Å². The third-order valence-corrected chi connectivity index (χ3v) is 3.48. The lowest BCUT2D eigenvalue weighted by Crippen LogP contribution is -2.48. The number of piperidine rings is 1. The van der Waals surface area contributed by atoms with E-state index in [9.17, 15) is 0 Å². The Bertz CT molecular complexity index is 286. The van der Waals surface area contributed by atoms with Crippen LogP contribution < -0.4 is 0 Å². The molecule has 0 radical (unpaired) electrons. The molecule has 0 saturated carbocycles. The van der Waals surface area contributed by atoms with E-state index in [1.165, 1.54) is 55.4 Å². The molecule has 0 aromatic heterocycles. The highest BCUT2D eigenvalue weighted by atomic mass is 15.3. The fourth-order valence-corrected chi connectivity index (χ4v) is 2.41. The molecule has 0 spiro atoms. The third kappa shape index (κ3) is 2.37. The summed E-state index contributed by atoms with van der Waals surface area (Å²) in [4.78, 5) is 0. The molecule has 0 N–H and O–H groups in total. The summed E-state index contributed by atoms with van der Waals surface area (Å²) in [5.74, 6) is 0. The first-order valence-electron chi connectivity index (χ1n) is 5.74. The van der Waals surface area contributed by atoms with Gasteiger partial charge in [0, 0.05) is 6.42 Å². The number of likely N-dealkylation sites (tertiary alicyclic amines) is 1. The van der Waals surface area contributed by atoms with Crippen LogP contribution in [0.25, 0.3) is 0 Å². The van der Waals surface area contributed by atoms with Crippen LogP contribution in [-0.2, 0) is 0 Å². The minimum absolute atomic E-state index is 1.20. The maximum Gasteiger partial charge on any atom is 0.0831 e. The van der Waals surface area contributed by atoms with Crippen molar-refractivity contribution in [3.05, 3.63) is 29.5 Å². The molecule has 1 heteroatoms. The topological polar surface area (TPSA) is 0 Å². The van der Waals surface area contributed by atoms with E-state index in [4.69, 9.17) is 0 Å². The number of nitrogens with zero attached hydrogens (tertiary/aromatic N) is 1. The van der Waals surface area contributed by atoms with Crippen molar-refractivity contribution in [3.8, 4) is 0 Å². The van der Waals surface area contributed by atoms with Crippen molar-refractivity contribution in [1.29, 1.82) is 0 Å². The van der Waals surface area contributed by atoms with Crippen LogP contribution in [0.3, 0.4) is 0 Å². The van der Waals surface area contributed by atoms with Crippen molar-refractivity contribution in [2.24, 2.45) is 0 Å². The van der Waals surface area contributed by atoms with E-state index in [0.29, 0.717) is 0 Å². The van der Waals surface area contributed by atoms with E-state index in [0.717, 1.165) is 0 Å². The second-order valence-corrected chi connectivity index (χ2v) is 4.80. The lowest BCUT2D eigenvalue weighted by molar-refractivity contribution is -0.913. The van der Waals surface area contributed by atoms with Crippen molar-refractivity contribution >= 4 is 0 Å². The van der Waals surface area contributed by atoms with Crippen LogP contribution in [0.4, 0.5) is 0 Å². The van der Waals surface area contributed by atoms with Gasteiger partial charge in [-0.3, -0.25) is 0 Å². The fourth-order valence-electron chi connectivity index (χ4n) is 2.41. The van der Waals surface area contributed by atoms with Gasteiger partial charge in [0.2, 0.25) is 0 Å². The number of allylic oxidation sites excluding steroid dienone is 2. The maximum absolute atomic E-state index is 3.28. The molecule has 1 nitrogen and oxygen atoms in total. The molecule has 1 aliphatic carbocycles. The average molecular weight is 190 g/mol. The van der Waals surface area contributed by atoms with Crippen molar-refractivity contribution in [3.63, 3.8) is 0 Å². The molecule has 0 amide bonds. The first-order chi connectivity index (χ1) is 6.79. The molecule has 1 aliphatic heterocycles. The Morgan fingerprint density at radius 2 is 2.07 bits per heavy atom. The first-order valence-corrected chi connectivity index (χ1v) is 5.74. The van der Waals surface area contributed by atoms with Gasteiger partial charge in [0.05, 0.1) is 26.7 Å². The van der Waals surface area contributed by atoms with E-state index in [1.54, 1.807) is 0 Å². The largest absolute Gasteiger partial charge is 0.326 e. The fraction of sp³-hybridized carbons (Fsp3) is 0.615. The minimum atomic E-state index is 1.20. The lowest BCUT2D eigenvalue weighted by Gasteiger charge is -2.37. The zero-order chi connectivity index (χ0) is 9.86. The molecule has 0 aromatic rings. The Kier molecular flexibility index (Phi) is 2.90. The molecular weight excluding hydrogens is 170 g/mol. The number of quaternary nitrogens is 1. The van der Waals surface area contributed by atoms with Crippen LogP contribution in [0.2, 0.25) is 0 Å². The van der Waals surface area contributed by atoms with Gasteiger partial charge in [0.15, 0.2) is 0 Å². The predicted octanol–water partition coefficient (Wildman–Crippen LogP) is 2.66. The van der Waals surface area contributed by atoms with Crippen molar-refractivity contribution < 1.29 is 4.48 Å². The molecule has 0 atom stereocenters. The summed E-state index contributed by atoms with van der Waals surface area (Å²) < 4.78 is 1.28. The third-order valence-electron chi connectivity index (χ3n) is 3.48. The zero-order valence-electron chi connectivity index (χ0n) is 9.13. The molecule has 2 aliphatic rings. The van der Waals surface area contributed by atoms with E-state index >= 15 is 0 Å². The molecule has 0 aromatic carbocycles. The van der Waals surface area contributed by atoms with Crippen molar-refractivity contribution in [1.82, 2.24) is 0 Å². The number of hydrogen-bond donors (Lipinski definition) is 0. The molecule has 2 rings (SSSR count). The summed E-state index contributed by atoms with van der Waals surface area (Å²) in [7, 11) is 2.40. The van der Waals surface area contributed by atoms with Gasteiger partial charge < -0.3 is 4.48 Å². The number of hydrogen-bond acceptors (Lipinski definition) is 0. The van der Waals surface area contributed by atoms with Gasteiger partial charge in [0.1, 0.15) is 0 Å². The second kappa shape index (κ2) is 4.16. The SMILES string of the molecule is C[N+]1(CCC2=C=CC=C2)CCCCC1. The van der Waals surface area contributed by atoms with Gasteiger partial charge in [0.25, 0.3) is 0 Å². The van der Waals surface area contributed by atoms with Crippen LogP contribution in [0.5, 0.6) is 0 Å². The van der Waals surface area contributed by atoms with E-state index < -0.39 is 0 Å². The highest BCUT2D eigenvalue weighted by molar-refractivity contribution is 5.28. The smallest absolute Gasteiger partial charge is 0.0831 e. The summed E-state index contributed by atoms with van der Waals surface area (Å²) in [6.45, 7) is 4.04. The van der Waals surface area contributed by atoms with Gasteiger partial charge in [-0.2, -0.15) is 0 Å². The molecule has 1 heterocycles. The van der Waals surface area contributed by atoms with Gasteiger partial charge in [-0.05, 0) is 30.9 Å². The second-order valence-electron chi connectivity index (χ2n) is 4.80. The number of rotatable bonds is 3. The van der Waals surface area contributed by atoms with Gasteiger partial charge >= 0.3 is 0 Å². The van der Waals surface area contributed by atoms with E-state index in [-0.39, 0.29) is 0 Å². The standard InChI is InChI=1S/C13H20N/c1-14(10-5-2-6-11-14)12-9-13-7-3-4-8-13/h3-4,7H,2,5-6,9-12H2,1H3/q+1. The Hall–Kier alpha value is -0.780. The van der Waals surface area contributed by atoms with Crippen molar-refractivity contribution in [2.75, 3.05) is 26.7 Å². The summed E-state index contributed by atoms with van der Waals surface area (Å²) >= 11 is 0. The quantitative estimate of drug-likeness (QED) is 0.474. The molecule has 1 saturated heterocycles. The highest BCUT2D eigenvalue weighted by Gasteiger charge is 2.24. The van der Waals surface area contributed by atoms with Gasteiger partial charge in [-0.1, -0.05) is 12.2 Å². The van der Waals surface area contributed by atoms with Crippen molar-refractivity contribution in [2.45, 2.75) is 25.7 Å². The minimum Gasteiger partial charge on any atom is -0.326 e. The highest BCUT2D eigenvalue weighted by Crippen LogP contribution is 2.18. The van der Waals surface area contributed by atoms with Gasteiger partial charge in [-0.25, -0.2) is 0 Å². The Labute approximate surface area is 87.0 Å². The maximum atomic E-state index is 3.28. The van der Waals surface area contributed by atoms with E-state index in [2.05, 4.69) is 24.9 Å². The average Bonchev–Trinajstić information content (AvgIpc) is 2.69. The molecule has 14 heavy (non-hydrogen) atoms. The first kappa shape index (κ1) is 9.76. The predicted molar refractivity (Wildman–Crippen MR) is 60.0 cm³/mol. The van der Waals surface area contributed by atoms with Gasteiger partial charge in [-0.15, -0.1) is 5.73 Å². The van der Waals surface area contributed by atoms with Crippen LogP contribution in [0.1, 0.15) is 25.7 Å². The summed E-state index contributed by atoms with van der Waals surface area (Å²) in [5.41, 5.74) is 4.67.